The Morgan fingerprint density at radius 3 is 2.55 bits per heavy atom. The largest absolute Gasteiger partial charge is 0.349 e. The molecule has 0 bridgehead atoms. The molecule has 1 N–H and O–H groups in total. The van der Waals surface area contributed by atoms with Gasteiger partial charge in [-0.3, -0.25) is 9.59 Å². The molecule has 0 aromatic heterocycles. The summed E-state index contributed by atoms with van der Waals surface area (Å²) in [5, 5.41) is 3.04. The van der Waals surface area contributed by atoms with Crippen LogP contribution in [0.1, 0.15) is 23.2 Å². The summed E-state index contributed by atoms with van der Waals surface area (Å²) in [5.74, 6) is -0.0506. The molecule has 0 saturated carbocycles. The Bertz CT molecular complexity index is 502. The van der Waals surface area contributed by atoms with E-state index in [1.54, 1.807) is 4.90 Å². The van der Waals surface area contributed by atoms with Crippen molar-refractivity contribution in [2.24, 2.45) is 0 Å². The molecule has 20 heavy (non-hydrogen) atoms. The highest BCUT2D eigenvalue weighted by molar-refractivity contribution is 14.1. The van der Waals surface area contributed by atoms with E-state index in [1.165, 1.54) is 0 Å². The lowest BCUT2D eigenvalue weighted by Crippen LogP contribution is -2.47. The van der Waals surface area contributed by atoms with Crippen molar-refractivity contribution in [1.82, 2.24) is 10.2 Å². The second-order valence-electron chi connectivity index (χ2n) is 4.74. The molecule has 0 radical (unpaired) electrons. The van der Waals surface area contributed by atoms with Crippen LogP contribution in [0.3, 0.4) is 0 Å². The van der Waals surface area contributed by atoms with Gasteiger partial charge >= 0.3 is 0 Å². The van der Waals surface area contributed by atoms with Gasteiger partial charge in [0, 0.05) is 22.7 Å². The molecule has 4 nitrogen and oxygen atoms in total. The van der Waals surface area contributed by atoms with Gasteiger partial charge in [0.05, 0.1) is 5.56 Å². The zero-order valence-electron chi connectivity index (χ0n) is 10.9. The zero-order chi connectivity index (χ0) is 14.5. The van der Waals surface area contributed by atoms with E-state index >= 15 is 0 Å². The molecule has 0 spiro atoms. The van der Waals surface area contributed by atoms with Crippen molar-refractivity contribution in [3.8, 4) is 0 Å². The van der Waals surface area contributed by atoms with Crippen molar-refractivity contribution >= 4 is 46.0 Å². The van der Waals surface area contributed by atoms with E-state index < -0.39 is 0 Å². The highest BCUT2D eigenvalue weighted by Gasteiger charge is 2.23. The van der Waals surface area contributed by atoms with E-state index in [1.807, 2.05) is 24.3 Å². The van der Waals surface area contributed by atoms with Gasteiger partial charge in [0.25, 0.3) is 5.91 Å². The van der Waals surface area contributed by atoms with Gasteiger partial charge in [-0.25, -0.2) is 0 Å². The van der Waals surface area contributed by atoms with Gasteiger partial charge in [0.15, 0.2) is 0 Å². The van der Waals surface area contributed by atoms with Crippen molar-refractivity contribution < 1.29 is 9.59 Å². The minimum atomic E-state index is -0.0443. The molecule has 0 unspecified atom stereocenters. The molecule has 0 aliphatic carbocycles. The van der Waals surface area contributed by atoms with Crippen LogP contribution in [0.15, 0.2) is 24.3 Å². The van der Waals surface area contributed by atoms with Gasteiger partial charge < -0.3 is 10.2 Å². The molecular weight excluding hydrogens is 391 g/mol. The standard InChI is InChI=1S/C14H16ClIN2O2/c15-9-13(19)18-7-5-10(6-8-18)17-14(20)11-3-1-2-4-12(11)16/h1-4,10H,5-9H2,(H,17,20). The molecule has 1 aromatic carbocycles. The maximum Gasteiger partial charge on any atom is 0.252 e. The third kappa shape index (κ3) is 3.85. The topological polar surface area (TPSA) is 49.4 Å². The van der Waals surface area contributed by atoms with E-state index in [0.29, 0.717) is 18.7 Å². The lowest BCUT2D eigenvalue weighted by Gasteiger charge is -2.32. The Morgan fingerprint density at radius 2 is 1.95 bits per heavy atom. The van der Waals surface area contributed by atoms with Gasteiger partial charge in [-0.15, -0.1) is 11.6 Å². The minimum absolute atomic E-state index is 0.0270. The third-order valence-corrected chi connectivity index (χ3v) is 4.58. The molecule has 1 aliphatic heterocycles. The molecular formula is C14H16ClIN2O2. The van der Waals surface area contributed by atoms with Crippen LogP contribution in [0.4, 0.5) is 0 Å². The van der Waals surface area contributed by atoms with E-state index in [0.717, 1.165) is 16.4 Å². The first-order valence-electron chi connectivity index (χ1n) is 6.51. The first-order chi connectivity index (χ1) is 9.61. The quantitative estimate of drug-likeness (QED) is 0.618. The number of nitrogens with one attached hydrogen (secondary N) is 1. The molecule has 2 amide bonds. The summed E-state index contributed by atoms with van der Waals surface area (Å²) < 4.78 is 0.942. The molecule has 2 rings (SSSR count). The second-order valence-corrected chi connectivity index (χ2v) is 6.17. The molecule has 6 heteroatoms. The number of nitrogens with zero attached hydrogens (tertiary/aromatic N) is 1. The number of benzene rings is 1. The fraction of sp³-hybridized carbons (Fsp3) is 0.429. The van der Waals surface area contributed by atoms with E-state index in [-0.39, 0.29) is 23.7 Å². The molecule has 1 aliphatic rings. The van der Waals surface area contributed by atoms with Gasteiger partial charge in [-0.2, -0.15) is 0 Å². The summed E-state index contributed by atoms with van der Waals surface area (Å²) in [6, 6.07) is 7.63. The van der Waals surface area contributed by atoms with Crippen LogP contribution in [-0.4, -0.2) is 41.7 Å². The highest BCUT2D eigenvalue weighted by Crippen LogP contribution is 2.14. The van der Waals surface area contributed by atoms with Gasteiger partial charge in [0.1, 0.15) is 5.88 Å². The number of hydrogen-bond acceptors (Lipinski definition) is 2. The van der Waals surface area contributed by atoms with Crippen LogP contribution in [-0.2, 0) is 4.79 Å². The van der Waals surface area contributed by atoms with Crippen molar-refractivity contribution in [1.29, 1.82) is 0 Å². The molecule has 1 heterocycles. The fourth-order valence-electron chi connectivity index (χ4n) is 2.27. The second kappa shape index (κ2) is 7.26. The Kier molecular flexibility index (Phi) is 5.65. The number of amides is 2. The number of carbonyl (C=O) groups is 2. The fourth-order valence-corrected chi connectivity index (χ4v) is 3.07. The highest BCUT2D eigenvalue weighted by atomic mass is 127. The van der Waals surface area contributed by atoms with Crippen molar-refractivity contribution in [2.75, 3.05) is 19.0 Å². The van der Waals surface area contributed by atoms with Crippen molar-refractivity contribution in [3.63, 3.8) is 0 Å². The zero-order valence-corrected chi connectivity index (χ0v) is 13.9. The van der Waals surface area contributed by atoms with Crippen LogP contribution in [0.2, 0.25) is 0 Å². The lowest BCUT2D eigenvalue weighted by atomic mass is 10.0. The van der Waals surface area contributed by atoms with Gasteiger partial charge in [-0.1, -0.05) is 12.1 Å². The summed E-state index contributed by atoms with van der Waals surface area (Å²) in [6.45, 7) is 1.31. The summed E-state index contributed by atoms with van der Waals surface area (Å²) in [5.41, 5.74) is 0.701. The summed E-state index contributed by atoms with van der Waals surface area (Å²) in [4.78, 5) is 25.4. The number of halogens is 2. The maximum atomic E-state index is 12.2. The number of rotatable bonds is 3. The van der Waals surface area contributed by atoms with E-state index in [4.69, 9.17) is 11.6 Å². The monoisotopic (exact) mass is 406 g/mol. The summed E-state index contributed by atoms with van der Waals surface area (Å²) in [7, 11) is 0. The predicted octanol–water partition coefficient (Wildman–Crippen LogP) is 2.25. The first kappa shape index (κ1) is 15.6. The Balaban J connectivity index is 1.88. The number of likely N-dealkylation sites (tertiary alicyclic amines) is 1. The van der Waals surface area contributed by atoms with Crippen molar-refractivity contribution in [2.45, 2.75) is 18.9 Å². The molecule has 1 fully saturated rings. The summed E-state index contributed by atoms with van der Waals surface area (Å²) >= 11 is 7.70. The molecule has 1 aromatic rings. The van der Waals surface area contributed by atoms with Gasteiger partial charge in [-0.05, 0) is 47.6 Å². The lowest BCUT2D eigenvalue weighted by molar-refractivity contribution is -0.129. The van der Waals surface area contributed by atoms with Gasteiger partial charge in [0.2, 0.25) is 5.91 Å². The third-order valence-electron chi connectivity index (χ3n) is 3.42. The van der Waals surface area contributed by atoms with Crippen LogP contribution in [0.25, 0.3) is 0 Å². The molecule has 0 atom stereocenters. The number of alkyl halides is 1. The Hall–Kier alpha value is -0.820. The number of carbonyl (C=O) groups excluding carboxylic acids is 2. The van der Waals surface area contributed by atoms with E-state index in [2.05, 4.69) is 27.9 Å². The van der Waals surface area contributed by atoms with Crippen LogP contribution in [0.5, 0.6) is 0 Å². The van der Waals surface area contributed by atoms with Crippen LogP contribution in [0, 0.1) is 3.57 Å². The van der Waals surface area contributed by atoms with Crippen molar-refractivity contribution in [3.05, 3.63) is 33.4 Å². The smallest absolute Gasteiger partial charge is 0.252 e. The average Bonchev–Trinajstić information content (AvgIpc) is 2.47. The number of hydrogen-bond donors (Lipinski definition) is 1. The van der Waals surface area contributed by atoms with Crippen LogP contribution >= 0.6 is 34.2 Å². The van der Waals surface area contributed by atoms with Crippen LogP contribution < -0.4 is 5.32 Å². The Morgan fingerprint density at radius 1 is 1.30 bits per heavy atom. The summed E-state index contributed by atoms with van der Waals surface area (Å²) in [6.07, 6.45) is 1.55. The number of piperidine rings is 1. The normalized spacial score (nSPS) is 16.0. The van der Waals surface area contributed by atoms with E-state index in [9.17, 15) is 9.59 Å². The Labute approximate surface area is 137 Å². The minimum Gasteiger partial charge on any atom is -0.349 e. The average molecular weight is 407 g/mol. The maximum absolute atomic E-state index is 12.2. The predicted molar refractivity (Wildman–Crippen MR) is 86.9 cm³/mol. The molecule has 1 saturated heterocycles. The first-order valence-corrected chi connectivity index (χ1v) is 8.12. The molecule has 108 valence electrons. The SMILES string of the molecule is O=C(NC1CCN(C(=O)CCl)CC1)c1ccccc1I.